The van der Waals surface area contributed by atoms with E-state index in [0.717, 1.165) is 0 Å². The zero-order valence-electron chi connectivity index (χ0n) is 10.2. The quantitative estimate of drug-likeness (QED) is 0.600. The second-order valence-corrected chi connectivity index (χ2v) is 4.55. The highest BCUT2D eigenvalue weighted by Gasteiger charge is 2.22. The van der Waals surface area contributed by atoms with E-state index >= 15 is 0 Å². The van der Waals surface area contributed by atoms with E-state index in [1.165, 1.54) is 11.8 Å². The predicted molar refractivity (Wildman–Crippen MR) is 63.5 cm³/mol. The fraction of sp³-hybridized carbons (Fsp3) is 0.700. The van der Waals surface area contributed by atoms with E-state index in [1.54, 1.807) is 18.5 Å². The Hall–Kier alpha value is -1.08. The molecular weight excluding hydrogens is 242 g/mol. The van der Waals surface area contributed by atoms with Gasteiger partial charge in [0, 0.05) is 7.05 Å². The molecule has 0 fully saturated rings. The van der Waals surface area contributed by atoms with Crippen LogP contribution in [0, 0.1) is 0 Å². The van der Waals surface area contributed by atoms with E-state index in [2.05, 4.69) is 10.2 Å². The second-order valence-electron chi connectivity index (χ2n) is 3.38. The van der Waals surface area contributed by atoms with Crippen LogP contribution in [0.4, 0.5) is 0 Å². The summed E-state index contributed by atoms with van der Waals surface area (Å²) in [7, 11) is 1.76. The topological polar surface area (TPSA) is 77.2 Å². The highest BCUT2D eigenvalue weighted by atomic mass is 32.2. The molecule has 1 aromatic rings. The van der Waals surface area contributed by atoms with E-state index in [9.17, 15) is 4.79 Å². The number of hydrogen-bond donors (Lipinski definition) is 1. The van der Waals surface area contributed by atoms with Crippen LogP contribution in [0.1, 0.15) is 26.1 Å². The number of esters is 1. The first-order chi connectivity index (χ1) is 8.13. The van der Waals surface area contributed by atoms with Crippen LogP contribution in [0.15, 0.2) is 5.16 Å². The van der Waals surface area contributed by atoms with Crippen LogP contribution in [-0.4, -0.2) is 37.7 Å². The number of carbonyl (C=O) groups is 1. The van der Waals surface area contributed by atoms with Gasteiger partial charge in [-0.25, -0.2) is 0 Å². The van der Waals surface area contributed by atoms with Gasteiger partial charge in [0.05, 0.1) is 6.61 Å². The Morgan fingerprint density at radius 3 is 2.71 bits per heavy atom. The lowest BCUT2D eigenvalue weighted by atomic mass is 10.3. The Morgan fingerprint density at radius 1 is 1.53 bits per heavy atom. The van der Waals surface area contributed by atoms with Gasteiger partial charge in [-0.05, 0) is 13.3 Å². The molecule has 0 aromatic carbocycles. The summed E-state index contributed by atoms with van der Waals surface area (Å²) < 4.78 is 6.65. The van der Waals surface area contributed by atoms with E-state index in [0.29, 0.717) is 24.0 Å². The van der Waals surface area contributed by atoms with Crippen molar-refractivity contribution in [3.63, 3.8) is 0 Å². The Morgan fingerprint density at radius 2 is 2.24 bits per heavy atom. The van der Waals surface area contributed by atoms with Gasteiger partial charge in [0.1, 0.15) is 11.9 Å². The molecular formula is C10H17N3O3S. The lowest BCUT2D eigenvalue weighted by Crippen LogP contribution is -2.20. The van der Waals surface area contributed by atoms with Crippen LogP contribution in [0.25, 0.3) is 0 Å². The van der Waals surface area contributed by atoms with E-state index < -0.39 is 0 Å². The summed E-state index contributed by atoms with van der Waals surface area (Å²) in [4.78, 5) is 11.6. The van der Waals surface area contributed by atoms with E-state index in [1.807, 2.05) is 6.92 Å². The monoisotopic (exact) mass is 259 g/mol. The third kappa shape index (κ3) is 3.44. The molecule has 0 aliphatic carbocycles. The molecule has 1 aromatic heterocycles. The van der Waals surface area contributed by atoms with Crippen molar-refractivity contribution in [1.29, 1.82) is 0 Å². The average Bonchev–Trinajstić information content (AvgIpc) is 2.67. The maximum atomic E-state index is 11.6. The number of ether oxygens (including phenoxy) is 1. The molecule has 7 heteroatoms. The fourth-order valence-electron chi connectivity index (χ4n) is 1.25. The lowest BCUT2D eigenvalue weighted by Gasteiger charge is -2.12. The summed E-state index contributed by atoms with van der Waals surface area (Å²) in [6, 6.07) is 0. The smallest absolute Gasteiger partial charge is 0.319 e. The number of hydrogen-bond acceptors (Lipinski definition) is 6. The van der Waals surface area contributed by atoms with Crippen LogP contribution >= 0.6 is 11.8 Å². The Bertz CT molecular complexity index is 381. The summed E-state index contributed by atoms with van der Waals surface area (Å²) in [5.74, 6) is 0.236. The highest BCUT2D eigenvalue weighted by Crippen LogP contribution is 2.24. The molecule has 1 N–H and O–H groups in total. The third-order valence-corrected chi connectivity index (χ3v) is 3.61. The minimum atomic E-state index is -0.288. The molecule has 0 aliphatic heterocycles. The Kier molecular flexibility index (Phi) is 5.43. The van der Waals surface area contributed by atoms with Gasteiger partial charge >= 0.3 is 5.97 Å². The molecule has 0 bridgehead atoms. The SMILES string of the molecule is CCOC(=O)[C@@H](CC)Sc1nnc(CO)n1C. The number of aliphatic hydroxyl groups is 1. The number of aliphatic hydroxyl groups excluding tert-OH is 1. The molecule has 0 unspecified atom stereocenters. The van der Waals surface area contributed by atoms with E-state index in [-0.39, 0.29) is 17.8 Å². The van der Waals surface area contributed by atoms with Crippen LogP contribution in [-0.2, 0) is 23.2 Å². The first-order valence-corrected chi connectivity index (χ1v) is 6.34. The number of thioether (sulfide) groups is 1. The highest BCUT2D eigenvalue weighted by molar-refractivity contribution is 8.00. The summed E-state index contributed by atoms with van der Waals surface area (Å²) in [5.41, 5.74) is 0. The minimum absolute atomic E-state index is 0.166. The van der Waals surface area contributed by atoms with Crippen LogP contribution < -0.4 is 0 Å². The first-order valence-electron chi connectivity index (χ1n) is 5.46. The van der Waals surface area contributed by atoms with Crippen molar-refractivity contribution < 1.29 is 14.6 Å². The molecule has 96 valence electrons. The number of carbonyl (C=O) groups excluding carboxylic acids is 1. The van der Waals surface area contributed by atoms with E-state index in [4.69, 9.17) is 9.84 Å². The van der Waals surface area contributed by atoms with Crippen molar-refractivity contribution in [3.8, 4) is 0 Å². The normalized spacial score (nSPS) is 12.5. The first kappa shape index (κ1) is 14.0. The molecule has 6 nitrogen and oxygen atoms in total. The molecule has 1 atom stereocenters. The zero-order chi connectivity index (χ0) is 12.8. The van der Waals surface area contributed by atoms with Gasteiger partial charge in [-0.2, -0.15) is 0 Å². The van der Waals surface area contributed by atoms with Crippen molar-refractivity contribution in [2.45, 2.75) is 37.3 Å². The summed E-state index contributed by atoms with van der Waals surface area (Å²) in [5, 5.41) is 17.1. The van der Waals surface area contributed by atoms with Gasteiger partial charge in [-0.3, -0.25) is 4.79 Å². The molecule has 0 saturated carbocycles. The molecule has 0 saturated heterocycles. The lowest BCUT2D eigenvalue weighted by molar-refractivity contribution is -0.142. The summed E-state index contributed by atoms with van der Waals surface area (Å²) in [6.07, 6.45) is 0.658. The fourth-order valence-corrected chi connectivity index (χ4v) is 2.18. The largest absolute Gasteiger partial charge is 0.465 e. The van der Waals surface area contributed by atoms with Crippen molar-refractivity contribution in [2.75, 3.05) is 6.61 Å². The average molecular weight is 259 g/mol. The molecule has 0 aliphatic rings. The zero-order valence-corrected chi connectivity index (χ0v) is 11.0. The Balaban J connectivity index is 2.73. The number of rotatable bonds is 6. The van der Waals surface area contributed by atoms with Gasteiger partial charge in [0.15, 0.2) is 11.0 Å². The summed E-state index contributed by atoms with van der Waals surface area (Å²) in [6.45, 7) is 3.90. The Labute approximate surface area is 104 Å². The maximum absolute atomic E-state index is 11.6. The summed E-state index contributed by atoms with van der Waals surface area (Å²) >= 11 is 1.30. The van der Waals surface area contributed by atoms with Gasteiger partial charge in [0.2, 0.25) is 0 Å². The van der Waals surface area contributed by atoms with Gasteiger partial charge in [0.25, 0.3) is 0 Å². The van der Waals surface area contributed by atoms with Gasteiger partial charge < -0.3 is 14.4 Å². The maximum Gasteiger partial charge on any atom is 0.319 e. The minimum Gasteiger partial charge on any atom is -0.465 e. The van der Waals surface area contributed by atoms with Gasteiger partial charge in [-0.15, -0.1) is 10.2 Å². The molecule has 17 heavy (non-hydrogen) atoms. The third-order valence-electron chi connectivity index (χ3n) is 2.23. The van der Waals surface area contributed by atoms with Crippen LogP contribution in [0.3, 0.4) is 0 Å². The van der Waals surface area contributed by atoms with Crippen molar-refractivity contribution in [1.82, 2.24) is 14.8 Å². The van der Waals surface area contributed by atoms with Crippen LogP contribution in [0.2, 0.25) is 0 Å². The molecule has 0 spiro atoms. The molecule has 1 rings (SSSR count). The number of nitrogens with zero attached hydrogens (tertiary/aromatic N) is 3. The number of aromatic nitrogens is 3. The standard InChI is InChI=1S/C10H17N3O3S/c1-4-7(9(15)16-5-2)17-10-12-11-8(6-14)13(10)3/h7,14H,4-6H2,1-3H3/t7-/m1/s1. The van der Waals surface area contributed by atoms with Crippen molar-refractivity contribution in [2.24, 2.45) is 7.05 Å². The molecule has 1 heterocycles. The molecule has 0 amide bonds. The molecule has 0 radical (unpaired) electrons. The second kappa shape index (κ2) is 6.61. The van der Waals surface area contributed by atoms with Crippen molar-refractivity contribution >= 4 is 17.7 Å². The van der Waals surface area contributed by atoms with Crippen molar-refractivity contribution in [3.05, 3.63) is 5.82 Å². The predicted octanol–water partition coefficient (Wildman–Crippen LogP) is 0.741. The van der Waals surface area contributed by atoms with Gasteiger partial charge in [-0.1, -0.05) is 18.7 Å². The van der Waals surface area contributed by atoms with Crippen LogP contribution in [0.5, 0.6) is 0 Å².